The number of aryl methyl sites for hydroxylation is 1. The number of carbonyl (C=O) groups is 1. The molecule has 0 unspecified atom stereocenters. The van der Waals surface area contributed by atoms with E-state index in [-0.39, 0.29) is 11.8 Å². The van der Waals surface area contributed by atoms with Crippen LogP contribution in [-0.2, 0) is 11.3 Å². The smallest absolute Gasteiger partial charge is 0.220 e. The van der Waals surface area contributed by atoms with Crippen molar-refractivity contribution < 1.29 is 9.53 Å². The fraction of sp³-hybridized carbons (Fsp3) is 0.348. The van der Waals surface area contributed by atoms with Crippen LogP contribution in [0.3, 0.4) is 0 Å². The van der Waals surface area contributed by atoms with Gasteiger partial charge >= 0.3 is 0 Å². The highest BCUT2D eigenvalue weighted by Gasteiger charge is 2.22. The molecule has 1 heterocycles. The van der Waals surface area contributed by atoms with Crippen molar-refractivity contribution in [3.8, 4) is 5.75 Å². The second kappa shape index (κ2) is 8.76. The molecule has 0 bridgehead atoms. The molecule has 0 aliphatic heterocycles. The number of benzene rings is 2. The van der Waals surface area contributed by atoms with Crippen molar-refractivity contribution in [3.05, 3.63) is 65.9 Å². The molecule has 0 spiro atoms. The third kappa shape index (κ3) is 4.16. The third-order valence-electron chi connectivity index (χ3n) is 4.99. The van der Waals surface area contributed by atoms with E-state index in [9.17, 15) is 4.79 Å². The standard InChI is InChI=1S/C23H28N2O2/c1-4-13-24-23(26)15-20(17-9-8-10-18(14-17)27-3)21-16-25(5-2)22-12-7-6-11-19(21)22/h6-12,14,16,20H,4-5,13,15H2,1-3H3,(H,24,26)/t20-/m1/s1. The molecular formula is C23H28N2O2. The van der Waals surface area contributed by atoms with Gasteiger partial charge in [0.15, 0.2) is 0 Å². The van der Waals surface area contributed by atoms with Gasteiger partial charge in [-0.15, -0.1) is 0 Å². The Hall–Kier alpha value is -2.75. The van der Waals surface area contributed by atoms with Crippen LogP contribution in [-0.4, -0.2) is 24.1 Å². The molecule has 2 aromatic carbocycles. The summed E-state index contributed by atoms with van der Waals surface area (Å²) in [6.07, 6.45) is 3.55. The lowest BCUT2D eigenvalue weighted by Gasteiger charge is -2.18. The van der Waals surface area contributed by atoms with Gasteiger partial charge in [0.2, 0.25) is 5.91 Å². The molecule has 0 fully saturated rings. The number of rotatable bonds is 8. The summed E-state index contributed by atoms with van der Waals surface area (Å²) < 4.78 is 7.67. The van der Waals surface area contributed by atoms with Gasteiger partial charge in [-0.05, 0) is 42.7 Å². The maximum atomic E-state index is 12.6. The van der Waals surface area contributed by atoms with Gasteiger partial charge in [0.25, 0.3) is 0 Å². The minimum Gasteiger partial charge on any atom is -0.497 e. The summed E-state index contributed by atoms with van der Waals surface area (Å²) >= 11 is 0. The average Bonchev–Trinajstić information content (AvgIpc) is 3.09. The van der Waals surface area contributed by atoms with Gasteiger partial charge in [-0.2, -0.15) is 0 Å². The van der Waals surface area contributed by atoms with Crippen LogP contribution < -0.4 is 10.1 Å². The Kier molecular flexibility index (Phi) is 6.17. The zero-order valence-corrected chi connectivity index (χ0v) is 16.4. The van der Waals surface area contributed by atoms with Crippen molar-refractivity contribution in [1.82, 2.24) is 9.88 Å². The molecule has 1 aromatic heterocycles. The van der Waals surface area contributed by atoms with Crippen LogP contribution >= 0.6 is 0 Å². The monoisotopic (exact) mass is 364 g/mol. The summed E-state index contributed by atoms with van der Waals surface area (Å²) in [5.74, 6) is 0.873. The average molecular weight is 364 g/mol. The van der Waals surface area contributed by atoms with Crippen LogP contribution in [0.4, 0.5) is 0 Å². The van der Waals surface area contributed by atoms with Crippen LogP contribution in [0.1, 0.15) is 43.7 Å². The third-order valence-corrected chi connectivity index (χ3v) is 4.99. The molecule has 4 heteroatoms. The van der Waals surface area contributed by atoms with Gasteiger partial charge < -0.3 is 14.6 Å². The van der Waals surface area contributed by atoms with Crippen molar-refractivity contribution in [1.29, 1.82) is 0 Å². The Morgan fingerprint density at radius 3 is 2.70 bits per heavy atom. The van der Waals surface area contributed by atoms with Gasteiger partial charge in [-0.1, -0.05) is 37.3 Å². The lowest BCUT2D eigenvalue weighted by molar-refractivity contribution is -0.121. The first-order valence-corrected chi connectivity index (χ1v) is 9.66. The Balaban J connectivity index is 2.08. The number of ether oxygens (including phenoxy) is 1. The first-order valence-electron chi connectivity index (χ1n) is 9.66. The van der Waals surface area contributed by atoms with Crippen LogP contribution in [0.15, 0.2) is 54.7 Å². The molecule has 27 heavy (non-hydrogen) atoms. The lowest BCUT2D eigenvalue weighted by atomic mass is 9.88. The molecule has 3 aromatic rings. The number of hydrogen-bond donors (Lipinski definition) is 1. The molecular weight excluding hydrogens is 336 g/mol. The van der Waals surface area contributed by atoms with Crippen LogP contribution in [0, 0.1) is 0 Å². The first kappa shape index (κ1) is 19.0. The summed E-state index contributed by atoms with van der Waals surface area (Å²) in [4.78, 5) is 12.6. The van der Waals surface area contributed by atoms with Crippen LogP contribution in [0.25, 0.3) is 10.9 Å². The maximum Gasteiger partial charge on any atom is 0.220 e. The molecule has 0 aliphatic carbocycles. The fourth-order valence-corrected chi connectivity index (χ4v) is 3.60. The van der Waals surface area contributed by atoms with Crippen molar-refractivity contribution >= 4 is 16.8 Å². The van der Waals surface area contributed by atoms with Gasteiger partial charge in [0.05, 0.1) is 7.11 Å². The number of amides is 1. The van der Waals surface area contributed by atoms with E-state index in [1.807, 2.05) is 18.2 Å². The van der Waals surface area contributed by atoms with E-state index in [0.29, 0.717) is 13.0 Å². The van der Waals surface area contributed by atoms with E-state index in [0.717, 1.165) is 24.3 Å². The zero-order valence-electron chi connectivity index (χ0n) is 16.4. The summed E-state index contributed by atoms with van der Waals surface area (Å²) in [6, 6.07) is 16.5. The quantitative estimate of drug-likeness (QED) is 0.628. The predicted molar refractivity (Wildman–Crippen MR) is 110 cm³/mol. The first-order chi connectivity index (χ1) is 13.2. The minimum absolute atomic E-state index is 0.0188. The number of hydrogen-bond acceptors (Lipinski definition) is 2. The number of nitrogens with zero attached hydrogens (tertiary/aromatic N) is 1. The highest BCUT2D eigenvalue weighted by Crippen LogP contribution is 2.35. The van der Waals surface area contributed by atoms with E-state index >= 15 is 0 Å². The Morgan fingerprint density at radius 1 is 1.15 bits per heavy atom. The molecule has 1 amide bonds. The van der Waals surface area contributed by atoms with Gasteiger partial charge in [0, 0.05) is 42.5 Å². The molecule has 0 saturated carbocycles. The summed E-state index contributed by atoms with van der Waals surface area (Å²) in [7, 11) is 1.67. The van der Waals surface area contributed by atoms with Gasteiger partial charge in [-0.3, -0.25) is 4.79 Å². The Bertz CT molecular complexity index is 914. The molecule has 1 atom stereocenters. The van der Waals surface area contributed by atoms with E-state index in [1.165, 1.54) is 16.5 Å². The predicted octanol–water partition coefficient (Wildman–Crippen LogP) is 4.72. The molecule has 3 rings (SSSR count). The van der Waals surface area contributed by atoms with Crippen LogP contribution in [0.2, 0.25) is 0 Å². The normalized spacial score (nSPS) is 12.1. The van der Waals surface area contributed by atoms with E-state index in [4.69, 9.17) is 4.74 Å². The molecule has 0 radical (unpaired) electrons. The second-order valence-electron chi connectivity index (χ2n) is 6.77. The van der Waals surface area contributed by atoms with Crippen molar-refractivity contribution in [3.63, 3.8) is 0 Å². The maximum absolute atomic E-state index is 12.6. The highest BCUT2D eigenvalue weighted by molar-refractivity contribution is 5.86. The number of carbonyl (C=O) groups excluding carboxylic acids is 1. The fourth-order valence-electron chi connectivity index (χ4n) is 3.60. The number of para-hydroxylation sites is 1. The molecule has 142 valence electrons. The molecule has 0 saturated heterocycles. The summed E-state index contributed by atoms with van der Waals surface area (Å²) in [6.45, 7) is 5.81. The number of aromatic nitrogens is 1. The van der Waals surface area contributed by atoms with Crippen molar-refractivity contribution in [2.24, 2.45) is 0 Å². The van der Waals surface area contributed by atoms with Crippen LogP contribution in [0.5, 0.6) is 5.75 Å². The Labute approximate surface area is 161 Å². The SMILES string of the molecule is CCCNC(=O)C[C@H](c1cccc(OC)c1)c1cn(CC)c2ccccc12. The highest BCUT2D eigenvalue weighted by atomic mass is 16.5. The molecule has 4 nitrogen and oxygen atoms in total. The summed E-state index contributed by atoms with van der Waals surface area (Å²) in [5, 5.41) is 4.23. The number of fused-ring (bicyclic) bond motifs is 1. The molecule has 1 N–H and O–H groups in total. The van der Waals surface area contributed by atoms with E-state index < -0.39 is 0 Å². The molecule has 0 aliphatic rings. The minimum atomic E-state index is -0.0188. The largest absolute Gasteiger partial charge is 0.497 e. The van der Waals surface area contributed by atoms with E-state index in [1.54, 1.807) is 7.11 Å². The zero-order chi connectivity index (χ0) is 19.2. The number of methoxy groups -OCH3 is 1. The van der Waals surface area contributed by atoms with Gasteiger partial charge in [0.1, 0.15) is 5.75 Å². The Morgan fingerprint density at radius 2 is 1.96 bits per heavy atom. The lowest BCUT2D eigenvalue weighted by Crippen LogP contribution is -2.26. The van der Waals surface area contributed by atoms with Crippen molar-refractivity contribution in [2.45, 2.75) is 39.2 Å². The van der Waals surface area contributed by atoms with E-state index in [2.05, 4.69) is 60.3 Å². The number of nitrogens with one attached hydrogen (secondary N) is 1. The van der Waals surface area contributed by atoms with Gasteiger partial charge in [-0.25, -0.2) is 0 Å². The summed E-state index contributed by atoms with van der Waals surface area (Å²) in [5.41, 5.74) is 3.49. The topological polar surface area (TPSA) is 43.3 Å². The second-order valence-corrected chi connectivity index (χ2v) is 6.77. The van der Waals surface area contributed by atoms with Crippen molar-refractivity contribution in [2.75, 3.05) is 13.7 Å².